The zero-order chi connectivity index (χ0) is 20.0. The third kappa shape index (κ3) is 3.33. The average Bonchev–Trinajstić information content (AvgIpc) is 2.72. The molecule has 0 radical (unpaired) electrons. The van der Waals surface area contributed by atoms with Crippen LogP contribution >= 0.6 is 0 Å². The highest BCUT2D eigenvalue weighted by atomic mass is 16.5. The number of fused-ring (bicyclic) bond motifs is 5. The Hall–Kier alpha value is -3.35. The number of likely N-dealkylation sites (tertiary alicyclic amines) is 1. The molecule has 7 nitrogen and oxygen atoms in total. The third-order valence-electron chi connectivity index (χ3n) is 5.79. The van der Waals surface area contributed by atoms with Crippen molar-refractivity contribution in [1.82, 2.24) is 9.47 Å². The van der Waals surface area contributed by atoms with E-state index in [1.165, 1.54) is 6.07 Å². The predicted octanol–water partition coefficient (Wildman–Crippen LogP) is 1.98. The van der Waals surface area contributed by atoms with Gasteiger partial charge in [0.1, 0.15) is 11.3 Å². The van der Waals surface area contributed by atoms with Crippen molar-refractivity contribution in [3.8, 4) is 5.75 Å². The van der Waals surface area contributed by atoms with Crippen molar-refractivity contribution < 1.29 is 13.9 Å². The molecule has 0 N–H and O–H groups in total. The normalized spacial score (nSPS) is 20.3. The van der Waals surface area contributed by atoms with Gasteiger partial charge in [-0.05, 0) is 36.6 Å². The van der Waals surface area contributed by atoms with Crippen molar-refractivity contribution in [2.75, 3.05) is 19.7 Å². The van der Waals surface area contributed by atoms with Crippen LogP contribution < -0.4 is 15.9 Å². The molecule has 29 heavy (non-hydrogen) atoms. The van der Waals surface area contributed by atoms with Crippen molar-refractivity contribution in [1.29, 1.82) is 0 Å². The number of ether oxygens (including phenoxy) is 1. The Morgan fingerprint density at radius 2 is 1.93 bits per heavy atom. The lowest BCUT2D eigenvalue weighted by Crippen LogP contribution is -2.50. The minimum Gasteiger partial charge on any atom is -0.484 e. The number of carbonyl (C=O) groups is 1. The van der Waals surface area contributed by atoms with Gasteiger partial charge in [-0.25, -0.2) is 4.79 Å². The molecule has 4 heterocycles. The van der Waals surface area contributed by atoms with Crippen LogP contribution in [0, 0.1) is 5.92 Å². The molecule has 1 fully saturated rings. The molecule has 1 aromatic carbocycles. The number of hydrogen-bond acceptors (Lipinski definition) is 5. The van der Waals surface area contributed by atoms with E-state index in [4.69, 9.17) is 9.15 Å². The van der Waals surface area contributed by atoms with Gasteiger partial charge in [0.25, 0.3) is 11.5 Å². The third-order valence-corrected chi connectivity index (χ3v) is 5.79. The molecular formula is C22H20N2O5. The van der Waals surface area contributed by atoms with Crippen LogP contribution in [-0.2, 0) is 11.3 Å². The maximum atomic E-state index is 12.8. The number of hydrogen-bond donors (Lipinski definition) is 0. The van der Waals surface area contributed by atoms with Gasteiger partial charge in [0, 0.05) is 54.8 Å². The summed E-state index contributed by atoms with van der Waals surface area (Å²) >= 11 is 0. The standard InChI is InChI=1S/C22H20N2O5/c25-20-3-1-2-18-16-8-14(11-24(18)20)10-23(12-16)21(26)13-28-17-6-4-15-5-7-22(27)29-19(15)9-17/h1-7,9,14,16H,8,10-13H2/t14-,16-/m0/s1. The van der Waals surface area contributed by atoms with E-state index in [1.54, 1.807) is 36.4 Å². The first-order valence-corrected chi connectivity index (χ1v) is 9.71. The number of aromatic nitrogens is 1. The highest BCUT2D eigenvalue weighted by molar-refractivity contribution is 5.79. The smallest absolute Gasteiger partial charge is 0.336 e. The van der Waals surface area contributed by atoms with E-state index in [9.17, 15) is 14.4 Å². The molecule has 0 unspecified atom stereocenters. The molecule has 2 bridgehead atoms. The molecule has 5 rings (SSSR count). The number of amides is 1. The second kappa shape index (κ2) is 6.92. The highest BCUT2D eigenvalue weighted by Gasteiger charge is 2.36. The van der Waals surface area contributed by atoms with Crippen molar-refractivity contribution in [2.45, 2.75) is 18.9 Å². The predicted molar refractivity (Wildman–Crippen MR) is 106 cm³/mol. The molecule has 2 atom stereocenters. The Kier molecular flexibility index (Phi) is 4.23. The monoisotopic (exact) mass is 392 g/mol. The van der Waals surface area contributed by atoms with Gasteiger partial charge in [0.2, 0.25) is 0 Å². The van der Waals surface area contributed by atoms with Gasteiger partial charge in [0.15, 0.2) is 6.61 Å². The van der Waals surface area contributed by atoms with Crippen molar-refractivity contribution in [2.24, 2.45) is 5.92 Å². The van der Waals surface area contributed by atoms with E-state index >= 15 is 0 Å². The molecule has 7 heteroatoms. The first-order chi connectivity index (χ1) is 14.1. The lowest BCUT2D eigenvalue weighted by molar-refractivity contribution is -0.136. The zero-order valence-electron chi connectivity index (χ0n) is 15.7. The van der Waals surface area contributed by atoms with Gasteiger partial charge in [-0.2, -0.15) is 0 Å². The van der Waals surface area contributed by atoms with Crippen LogP contribution in [0.2, 0.25) is 0 Å². The maximum absolute atomic E-state index is 12.8. The number of carbonyl (C=O) groups excluding carboxylic acids is 1. The Labute approximate surface area is 166 Å². The summed E-state index contributed by atoms with van der Waals surface area (Å²) in [5, 5.41) is 0.793. The van der Waals surface area contributed by atoms with E-state index in [0.717, 1.165) is 17.5 Å². The Morgan fingerprint density at radius 1 is 1.07 bits per heavy atom. The average molecular weight is 392 g/mol. The van der Waals surface area contributed by atoms with Crippen molar-refractivity contribution in [3.63, 3.8) is 0 Å². The Morgan fingerprint density at radius 3 is 2.83 bits per heavy atom. The van der Waals surface area contributed by atoms with Crippen LogP contribution in [0.3, 0.4) is 0 Å². The number of benzene rings is 1. The van der Waals surface area contributed by atoms with Gasteiger partial charge in [-0.3, -0.25) is 9.59 Å². The summed E-state index contributed by atoms with van der Waals surface area (Å²) in [5.74, 6) is 0.853. The highest BCUT2D eigenvalue weighted by Crippen LogP contribution is 2.35. The van der Waals surface area contributed by atoms with E-state index in [-0.39, 0.29) is 29.9 Å². The number of pyridine rings is 1. The zero-order valence-corrected chi connectivity index (χ0v) is 15.7. The summed E-state index contributed by atoms with van der Waals surface area (Å²) in [6.45, 7) is 1.80. The molecule has 148 valence electrons. The van der Waals surface area contributed by atoms with Crippen LogP contribution in [0.1, 0.15) is 18.0 Å². The Bertz CT molecular complexity index is 1210. The van der Waals surface area contributed by atoms with Crippen molar-refractivity contribution in [3.05, 3.63) is 75.0 Å². The molecule has 2 aliphatic rings. The van der Waals surface area contributed by atoms with E-state index in [2.05, 4.69) is 0 Å². The van der Waals surface area contributed by atoms with Gasteiger partial charge >= 0.3 is 5.63 Å². The van der Waals surface area contributed by atoms with Crippen LogP contribution in [0.25, 0.3) is 11.0 Å². The first kappa shape index (κ1) is 17.7. The van der Waals surface area contributed by atoms with E-state index in [0.29, 0.717) is 31.0 Å². The maximum Gasteiger partial charge on any atom is 0.336 e. The topological polar surface area (TPSA) is 81.8 Å². The fourth-order valence-corrected chi connectivity index (χ4v) is 4.47. The van der Waals surface area contributed by atoms with Crippen LogP contribution in [0.5, 0.6) is 5.75 Å². The van der Waals surface area contributed by atoms with Gasteiger partial charge in [-0.15, -0.1) is 0 Å². The number of nitrogens with zero attached hydrogens (tertiary/aromatic N) is 2. The molecule has 2 aliphatic heterocycles. The van der Waals surface area contributed by atoms with Gasteiger partial charge in [0.05, 0.1) is 0 Å². The fourth-order valence-electron chi connectivity index (χ4n) is 4.47. The SMILES string of the molecule is O=C(COc1ccc2ccc(=O)oc2c1)N1C[C@@H]2C[C@@H](C1)c1cccc(=O)n1C2. The molecule has 0 spiro atoms. The molecular weight excluding hydrogens is 372 g/mol. The summed E-state index contributed by atoms with van der Waals surface area (Å²) in [6, 6.07) is 13.6. The van der Waals surface area contributed by atoms with Crippen LogP contribution in [0.4, 0.5) is 0 Å². The fraction of sp³-hybridized carbons (Fsp3) is 0.318. The largest absolute Gasteiger partial charge is 0.484 e. The number of piperidine rings is 1. The number of rotatable bonds is 3. The molecule has 0 aliphatic carbocycles. The first-order valence-electron chi connectivity index (χ1n) is 9.71. The molecule has 3 aromatic rings. The summed E-state index contributed by atoms with van der Waals surface area (Å²) in [7, 11) is 0. The summed E-state index contributed by atoms with van der Waals surface area (Å²) in [5.41, 5.74) is 1.04. The molecule has 1 saturated heterocycles. The minimum absolute atomic E-state index is 0.0308. The summed E-state index contributed by atoms with van der Waals surface area (Å²) in [4.78, 5) is 38.1. The summed E-state index contributed by atoms with van der Waals surface area (Å²) < 4.78 is 12.7. The lowest BCUT2D eigenvalue weighted by Gasteiger charge is -2.42. The minimum atomic E-state index is -0.426. The van der Waals surface area contributed by atoms with Crippen LogP contribution in [-0.4, -0.2) is 35.1 Å². The molecule has 0 saturated carbocycles. The molecule has 2 aromatic heterocycles. The second-order valence-corrected chi connectivity index (χ2v) is 7.74. The van der Waals surface area contributed by atoms with E-state index < -0.39 is 5.63 Å². The van der Waals surface area contributed by atoms with Gasteiger partial charge in [-0.1, -0.05) is 6.07 Å². The van der Waals surface area contributed by atoms with Crippen molar-refractivity contribution >= 4 is 16.9 Å². The quantitative estimate of drug-likeness (QED) is 0.637. The lowest BCUT2D eigenvalue weighted by atomic mass is 9.83. The second-order valence-electron chi connectivity index (χ2n) is 7.74. The Balaban J connectivity index is 1.29. The summed E-state index contributed by atoms with van der Waals surface area (Å²) in [6.07, 6.45) is 0.998. The van der Waals surface area contributed by atoms with E-state index in [1.807, 2.05) is 15.5 Å². The molecule has 1 amide bonds. The van der Waals surface area contributed by atoms with Gasteiger partial charge < -0.3 is 18.6 Å². The van der Waals surface area contributed by atoms with Crippen LogP contribution in [0.15, 0.2) is 62.5 Å².